The number of nitrogens with zero attached hydrogens (tertiary/aromatic N) is 1. The van der Waals surface area contributed by atoms with E-state index in [1.165, 1.54) is 18.2 Å². The molecule has 0 unspecified atom stereocenters. The fourth-order valence-corrected chi connectivity index (χ4v) is 1.02. The van der Waals surface area contributed by atoms with Crippen LogP contribution in [0.1, 0.15) is 5.56 Å². The second-order valence-electron chi connectivity index (χ2n) is 3.01. The maximum atomic E-state index is 13.0. The summed E-state index contributed by atoms with van der Waals surface area (Å²) in [6, 6.07) is 4.05. The van der Waals surface area contributed by atoms with E-state index in [1.807, 2.05) is 19.0 Å². The highest BCUT2D eigenvalue weighted by molar-refractivity contribution is 8.93. The van der Waals surface area contributed by atoms with E-state index in [4.69, 9.17) is 5.11 Å². The van der Waals surface area contributed by atoms with Crippen molar-refractivity contribution in [2.75, 3.05) is 14.1 Å². The van der Waals surface area contributed by atoms with E-state index >= 15 is 0 Å². The zero-order valence-electron chi connectivity index (χ0n) is 7.62. The molecule has 13 heavy (non-hydrogen) atoms. The maximum absolute atomic E-state index is 13.0. The van der Waals surface area contributed by atoms with Gasteiger partial charge < -0.3 is 10.0 Å². The van der Waals surface area contributed by atoms with Crippen molar-refractivity contribution in [1.82, 2.24) is 4.90 Å². The van der Waals surface area contributed by atoms with Gasteiger partial charge in [0, 0.05) is 12.1 Å². The van der Waals surface area contributed by atoms with Crippen LogP contribution in [-0.2, 0) is 6.54 Å². The first-order valence-corrected chi connectivity index (χ1v) is 3.71. The molecule has 0 saturated heterocycles. The van der Waals surface area contributed by atoms with E-state index in [2.05, 4.69) is 0 Å². The van der Waals surface area contributed by atoms with Crippen LogP contribution in [0, 0.1) is 5.82 Å². The fourth-order valence-electron chi connectivity index (χ4n) is 1.02. The lowest BCUT2D eigenvalue weighted by molar-refractivity contribution is 0.390. The van der Waals surface area contributed by atoms with Crippen molar-refractivity contribution in [3.63, 3.8) is 0 Å². The lowest BCUT2D eigenvalue weighted by Gasteiger charge is -2.10. The molecule has 0 radical (unpaired) electrons. The summed E-state index contributed by atoms with van der Waals surface area (Å²) in [7, 11) is 3.70. The highest BCUT2D eigenvalue weighted by atomic mass is 79.9. The Balaban J connectivity index is 0.00000144. The molecule has 1 aromatic carbocycles. The number of hydrogen-bond acceptors (Lipinski definition) is 2. The van der Waals surface area contributed by atoms with Gasteiger partial charge in [-0.2, -0.15) is 0 Å². The molecule has 1 N–H and O–H groups in total. The average Bonchev–Trinajstić information content (AvgIpc) is 1.96. The molecule has 0 amide bonds. The molecule has 4 heteroatoms. The molecule has 0 spiro atoms. The van der Waals surface area contributed by atoms with Crippen molar-refractivity contribution in [2.45, 2.75) is 6.54 Å². The van der Waals surface area contributed by atoms with E-state index in [-0.39, 0.29) is 28.5 Å². The van der Waals surface area contributed by atoms with Crippen LogP contribution in [0.25, 0.3) is 0 Å². The lowest BCUT2D eigenvalue weighted by atomic mass is 10.2. The van der Waals surface area contributed by atoms with Crippen molar-refractivity contribution in [2.24, 2.45) is 0 Å². The Hall–Kier alpha value is -0.610. The summed E-state index contributed by atoms with van der Waals surface area (Å²) in [5.74, 6) is -0.172. The lowest BCUT2D eigenvalue weighted by Crippen LogP contribution is -2.11. The van der Waals surface area contributed by atoms with Gasteiger partial charge in [0.25, 0.3) is 0 Å². The Morgan fingerprint density at radius 2 is 2.00 bits per heavy atom. The van der Waals surface area contributed by atoms with Crippen molar-refractivity contribution in [1.29, 1.82) is 0 Å². The molecular weight excluding hydrogens is 237 g/mol. The van der Waals surface area contributed by atoms with E-state index in [9.17, 15) is 4.39 Å². The number of halogens is 2. The fraction of sp³-hybridized carbons (Fsp3) is 0.333. The second-order valence-corrected chi connectivity index (χ2v) is 3.01. The molecule has 1 aromatic rings. The number of benzene rings is 1. The molecule has 2 nitrogen and oxygen atoms in total. The van der Waals surface area contributed by atoms with Gasteiger partial charge in [-0.3, -0.25) is 0 Å². The van der Waals surface area contributed by atoms with Gasteiger partial charge in [0.2, 0.25) is 0 Å². The predicted molar refractivity (Wildman–Crippen MR) is 55.8 cm³/mol. The molecule has 0 bridgehead atoms. The normalized spacial score (nSPS) is 9.85. The van der Waals surface area contributed by atoms with E-state index in [0.717, 1.165) is 0 Å². The molecule has 1 rings (SSSR count). The summed E-state index contributed by atoms with van der Waals surface area (Å²) in [5, 5.41) is 9.07. The molecule has 0 aliphatic rings. The molecule has 0 saturated carbocycles. The van der Waals surface area contributed by atoms with E-state index in [1.54, 1.807) is 0 Å². The Labute approximate surface area is 87.8 Å². The molecule has 0 atom stereocenters. The quantitative estimate of drug-likeness (QED) is 0.869. The molecule has 0 heterocycles. The highest BCUT2D eigenvalue weighted by Crippen LogP contribution is 2.15. The first-order valence-electron chi connectivity index (χ1n) is 3.71. The Bertz CT molecular complexity index is 278. The molecule has 74 valence electrons. The predicted octanol–water partition coefficient (Wildman–Crippen LogP) is 2.17. The summed E-state index contributed by atoms with van der Waals surface area (Å²) in [6.45, 7) is 0.500. The van der Waals surface area contributed by atoms with Crippen LogP contribution in [0.3, 0.4) is 0 Å². The molecule has 0 aliphatic carbocycles. The number of rotatable bonds is 2. The Kier molecular flexibility index (Phi) is 4.95. The van der Waals surface area contributed by atoms with Gasteiger partial charge in [-0.1, -0.05) is 0 Å². The minimum absolute atomic E-state index is 0. The first-order chi connectivity index (χ1) is 5.59. The van der Waals surface area contributed by atoms with Crippen molar-refractivity contribution < 1.29 is 9.50 Å². The van der Waals surface area contributed by atoms with Crippen LogP contribution < -0.4 is 0 Å². The molecule has 0 aliphatic heterocycles. The minimum Gasteiger partial charge on any atom is -0.508 e. The van der Waals surface area contributed by atoms with Crippen molar-refractivity contribution in [3.05, 3.63) is 29.6 Å². The Morgan fingerprint density at radius 1 is 1.38 bits per heavy atom. The summed E-state index contributed by atoms with van der Waals surface area (Å²) >= 11 is 0. The third-order valence-corrected chi connectivity index (χ3v) is 1.52. The first kappa shape index (κ1) is 12.4. The van der Waals surface area contributed by atoms with Gasteiger partial charge in [-0.25, -0.2) is 4.39 Å². The third kappa shape index (κ3) is 3.74. The monoisotopic (exact) mass is 249 g/mol. The third-order valence-electron chi connectivity index (χ3n) is 1.52. The van der Waals surface area contributed by atoms with Gasteiger partial charge >= 0.3 is 0 Å². The largest absolute Gasteiger partial charge is 0.508 e. The minimum atomic E-state index is -0.276. The number of aromatic hydroxyl groups is 1. The SMILES string of the molecule is Br.CN(C)Cc1cc(O)ccc1F. The van der Waals surface area contributed by atoms with Crippen LogP contribution in [0.4, 0.5) is 4.39 Å². The molecule has 0 aromatic heterocycles. The topological polar surface area (TPSA) is 23.5 Å². The van der Waals surface area contributed by atoms with Gasteiger partial charge in [-0.15, -0.1) is 17.0 Å². The average molecular weight is 250 g/mol. The van der Waals surface area contributed by atoms with Gasteiger partial charge in [0.1, 0.15) is 11.6 Å². The van der Waals surface area contributed by atoms with Crippen LogP contribution in [-0.4, -0.2) is 24.1 Å². The van der Waals surface area contributed by atoms with Crippen LogP contribution >= 0.6 is 17.0 Å². The summed E-state index contributed by atoms with van der Waals surface area (Å²) in [6.07, 6.45) is 0. The molecule has 0 fully saturated rings. The van der Waals surface area contributed by atoms with Gasteiger partial charge in [-0.05, 0) is 32.3 Å². The van der Waals surface area contributed by atoms with Crippen LogP contribution in [0.2, 0.25) is 0 Å². The second kappa shape index (κ2) is 5.19. The smallest absolute Gasteiger partial charge is 0.127 e. The maximum Gasteiger partial charge on any atom is 0.127 e. The van der Waals surface area contributed by atoms with Crippen LogP contribution in [0.15, 0.2) is 18.2 Å². The summed E-state index contributed by atoms with van der Waals surface area (Å²) in [4.78, 5) is 1.85. The van der Waals surface area contributed by atoms with Crippen molar-refractivity contribution in [3.8, 4) is 5.75 Å². The van der Waals surface area contributed by atoms with Crippen molar-refractivity contribution >= 4 is 17.0 Å². The van der Waals surface area contributed by atoms with Gasteiger partial charge in [0.15, 0.2) is 0 Å². The Morgan fingerprint density at radius 3 is 2.54 bits per heavy atom. The number of phenolic OH excluding ortho intramolecular Hbond substituents is 1. The molecular formula is C9H13BrFNO. The van der Waals surface area contributed by atoms with Crippen LogP contribution in [0.5, 0.6) is 5.75 Å². The highest BCUT2D eigenvalue weighted by Gasteiger charge is 2.03. The zero-order chi connectivity index (χ0) is 9.14. The van der Waals surface area contributed by atoms with E-state index < -0.39 is 0 Å². The zero-order valence-corrected chi connectivity index (χ0v) is 9.33. The standard InChI is InChI=1S/C9H12FNO.BrH/c1-11(2)6-7-5-8(12)3-4-9(7)10;/h3-5,12H,6H2,1-2H3;1H. The van der Waals surface area contributed by atoms with Gasteiger partial charge in [0.05, 0.1) is 0 Å². The number of phenols is 1. The summed E-state index contributed by atoms with van der Waals surface area (Å²) in [5.41, 5.74) is 0.514. The summed E-state index contributed by atoms with van der Waals surface area (Å²) < 4.78 is 13.0. The number of hydrogen-bond donors (Lipinski definition) is 1. The van der Waals surface area contributed by atoms with E-state index in [0.29, 0.717) is 12.1 Å².